The molecule has 35 heavy (non-hydrogen) atoms. The highest BCUT2D eigenvalue weighted by Crippen LogP contribution is 2.54. The Labute approximate surface area is 205 Å². The third-order valence-electron chi connectivity index (χ3n) is 6.98. The molecule has 2 fully saturated rings. The molecule has 0 aromatic heterocycles. The van der Waals surface area contributed by atoms with Crippen LogP contribution in [0.25, 0.3) is 6.08 Å². The van der Waals surface area contributed by atoms with E-state index in [1.807, 2.05) is 30.3 Å². The number of nitrogens with zero attached hydrogens (tertiary/aromatic N) is 2. The predicted octanol–water partition coefficient (Wildman–Crippen LogP) is 5.49. The van der Waals surface area contributed by atoms with Crippen molar-refractivity contribution < 1.29 is 27.6 Å². The Kier molecular flexibility index (Phi) is 5.18. The van der Waals surface area contributed by atoms with Gasteiger partial charge in [-0.1, -0.05) is 56.6 Å². The zero-order chi connectivity index (χ0) is 25.4. The number of hydrogen-bond donors (Lipinski definition) is 0. The molecule has 2 saturated heterocycles. The van der Waals surface area contributed by atoms with E-state index in [0.717, 1.165) is 22.1 Å². The molecule has 0 aliphatic carbocycles. The normalized spacial score (nSPS) is 25.6. The zero-order valence-corrected chi connectivity index (χ0v) is 19.9. The van der Waals surface area contributed by atoms with Crippen molar-refractivity contribution >= 4 is 41.0 Å². The van der Waals surface area contributed by atoms with Crippen LogP contribution in [0.2, 0.25) is 5.02 Å². The van der Waals surface area contributed by atoms with Gasteiger partial charge in [-0.05, 0) is 35.4 Å². The minimum absolute atomic E-state index is 0.209. The molecule has 0 spiro atoms. The summed E-state index contributed by atoms with van der Waals surface area (Å²) in [7, 11) is 0. The van der Waals surface area contributed by atoms with Gasteiger partial charge in [-0.3, -0.25) is 14.4 Å². The van der Waals surface area contributed by atoms with E-state index in [4.69, 9.17) is 11.6 Å². The average Bonchev–Trinajstić information content (AvgIpc) is 3.25. The van der Waals surface area contributed by atoms with Crippen LogP contribution in [0.4, 0.5) is 18.9 Å². The molecule has 182 valence electrons. The van der Waals surface area contributed by atoms with Gasteiger partial charge in [0.15, 0.2) is 5.78 Å². The third-order valence-corrected chi connectivity index (χ3v) is 7.31. The van der Waals surface area contributed by atoms with Crippen molar-refractivity contribution in [2.75, 3.05) is 4.90 Å². The molecule has 2 amide bonds. The van der Waals surface area contributed by atoms with E-state index in [-0.39, 0.29) is 11.5 Å². The van der Waals surface area contributed by atoms with Crippen molar-refractivity contribution in [2.24, 2.45) is 17.3 Å². The summed E-state index contributed by atoms with van der Waals surface area (Å²) in [4.78, 5) is 43.6. The van der Waals surface area contributed by atoms with Gasteiger partial charge in [-0.15, -0.1) is 0 Å². The summed E-state index contributed by atoms with van der Waals surface area (Å²) in [6.45, 7) is 5.23. The molecule has 3 aliphatic rings. The summed E-state index contributed by atoms with van der Waals surface area (Å²) in [6, 6.07) is 8.85. The molecular formula is C26H22ClF3N2O3. The van der Waals surface area contributed by atoms with Gasteiger partial charge in [0.25, 0.3) is 0 Å². The summed E-state index contributed by atoms with van der Waals surface area (Å²) in [5.74, 6) is -3.47. The predicted molar refractivity (Wildman–Crippen MR) is 124 cm³/mol. The standard InChI is InChI=1S/C26H22ClF3N2O3/c1-25(2,3)22(33)21-19-18(20-15-7-5-4-6-13(15)10-11-31(20)21)23(34)32(24(19)35)14-8-9-17(27)16(12-14)26(28,29)30/h4-12,18-21H,1-3H3/t18-,19+,20-,21-/m0/s1. The highest BCUT2D eigenvalue weighted by atomic mass is 35.5. The Morgan fingerprint density at radius 1 is 0.971 bits per heavy atom. The van der Waals surface area contributed by atoms with Crippen LogP contribution in [-0.4, -0.2) is 28.5 Å². The van der Waals surface area contributed by atoms with E-state index in [1.165, 1.54) is 6.07 Å². The molecule has 9 heteroatoms. The highest BCUT2D eigenvalue weighted by Gasteiger charge is 2.65. The largest absolute Gasteiger partial charge is 0.417 e. The van der Waals surface area contributed by atoms with E-state index in [2.05, 4.69) is 0 Å². The first-order chi connectivity index (χ1) is 16.3. The molecule has 0 saturated carbocycles. The maximum Gasteiger partial charge on any atom is 0.417 e. The van der Waals surface area contributed by atoms with E-state index < -0.39 is 57.9 Å². The van der Waals surface area contributed by atoms with Crippen molar-refractivity contribution in [1.82, 2.24) is 4.90 Å². The minimum Gasteiger partial charge on any atom is -0.359 e. The number of hydrogen-bond acceptors (Lipinski definition) is 4. The van der Waals surface area contributed by atoms with Crippen molar-refractivity contribution in [3.63, 3.8) is 0 Å². The number of imide groups is 1. The molecule has 4 atom stereocenters. The molecular weight excluding hydrogens is 481 g/mol. The number of benzene rings is 2. The fourth-order valence-corrected chi connectivity index (χ4v) is 5.65. The second-order valence-electron chi connectivity index (χ2n) is 10.1. The Bertz CT molecular complexity index is 1300. The SMILES string of the molecule is CC(C)(C)C(=O)[C@@H]1[C@@H]2C(=O)N(c3ccc(Cl)c(C(F)(F)F)c3)C(=O)[C@@H]2[C@@H]2c3ccccc3C=CN12. The molecule has 0 N–H and O–H groups in total. The van der Waals surface area contributed by atoms with Crippen molar-refractivity contribution in [3.8, 4) is 0 Å². The highest BCUT2D eigenvalue weighted by molar-refractivity contribution is 6.32. The van der Waals surface area contributed by atoms with Crippen LogP contribution in [-0.2, 0) is 20.6 Å². The number of Topliss-reactive ketones (excluding diaryl/α,β-unsaturated/α-hetero) is 1. The smallest absolute Gasteiger partial charge is 0.359 e. The number of carbonyl (C=O) groups excluding carboxylic acids is 3. The quantitative estimate of drug-likeness (QED) is 0.510. The summed E-state index contributed by atoms with van der Waals surface area (Å²) in [5.41, 5.74) is -0.497. The Morgan fingerprint density at radius 2 is 1.63 bits per heavy atom. The van der Waals surface area contributed by atoms with Crippen molar-refractivity contribution in [2.45, 2.75) is 39.0 Å². The Hall–Kier alpha value is -3.13. The minimum atomic E-state index is -4.76. The van der Waals surface area contributed by atoms with E-state index in [1.54, 1.807) is 31.9 Å². The molecule has 2 aromatic rings. The van der Waals surface area contributed by atoms with E-state index in [9.17, 15) is 27.6 Å². The Morgan fingerprint density at radius 3 is 2.29 bits per heavy atom. The number of carbonyl (C=O) groups is 3. The first-order valence-corrected chi connectivity index (χ1v) is 11.5. The molecule has 5 rings (SSSR count). The monoisotopic (exact) mass is 502 g/mol. The van der Waals surface area contributed by atoms with Gasteiger partial charge in [0.1, 0.15) is 6.04 Å². The van der Waals surface area contributed by atoms with Gasteiger partial charge in [-0.25, -0.2) is 4.90 Å². The Balaban J connectivity index is 1.66. The molecule has 3 aliphatic heterocycles. The lowest BCUT2D eigenvalue weighted by molar-refractivity contribution is -0.137. The summed E-state index contributed by atoms with van der Waals surface area (Å²) < 4.78 is 40.5. The van der Waals surface area contributed by atoms with E-state index >= 15 is 0 Å². The first kappa shape index (κ1) is 23.6. The number of anilines is 1. The molecule has 0 radical (unpaired) electrons. The lowest BCUT2D eigenvalue weighted by Crippen LogP contribution is -2.47. The molecule has 3 heterocycles. The number of ketones is 1. The van der Waals surface area contributed by atoms with Crippen LogP contribution >= 0.6 is 11.6 Å². The zero-order valence-electron chi connectivity index (χ0n) is 19.1. The van der Waals surface area contributed by atoms with Crippen LogP contribution < -0.4 is 4.90 Å². The maximum atomic E-state index is 13.8. The van der Waals surface area contributed by atoms with Gasteiger partial charge in [0.05, 0.1) is 34.2 Å². The summed E-state index contributed by atoms with van der Waals surface area (Å²) in [5, 5.41) is -0.529. The first-order valence-electron chi connectivity index (χ1n) is 11.2. The average molecular weight is 503 g/mol. The van der Waals surface area contributed by atoms with Crippen molar-refractivity contribution in [1.29, 1.82) is 0 Å². The van der Waals surface area contributed by atoms with Crippen molar-refractivity contribution in [3.05, 3.63) is 70.4 Å². The second-order valence-corrected chi connectivity index (χ2v) is 10.5. The summed E-state index contributed by atoms with van der Waals surface area (Å²) in [6.07, 6.45) is -1.17. The van der Waals surface area contributed by atoms with Crippen LogP contribution in [0.15, 0.2) is 48.7 Å². The lowest BCUT2D eigenvalue weighted by Gasteiger charge is -2.37. The molecule has 2 aromatic carbocycles. The lowest BCUT2D eigenvalue weighted by atomic mass is 9.79. The molecule has 5 nitrogen and oxygen atoms in total. The second kappa shape index (κ2) is 7.68. The van der Waals surface area contributed by atoms with Gasteiger partial charge in [0, 0.05) is 11.6 Å². The van der Waals surface area contributed by atoms with Crippen LogP contribution in [0.5, 0.6) is 0 Å². The van der Waals surface area contributed by atoms with Gasteiger partial charge in [0.2, 0.25) is 11.8 Å². The van der Waals surface area contributed by atoms with Gasteiger partial charge >= 0.3 is 6.18 Å². The van der Waals surface area contributed by atoms with E-state index in [0.29, 0.717) is 6.07 Å². The topological polar surface area (TPSA) is 57.7 Å². The number of rotatable bonds is 2. The number of alkyl halides is 3. The van der Waals surface area contributed by atoms with Crippen LogP contribution in [0.3, 0.4) is 0 Å². The summed E-state index contributed by atoms with van der Waals surface area (Å²) >= 11 is 5.75. The fraction of sp³-hybridized carbons (Fsp3) is 0.346. The number of amides is 2. The number of halogens is 4. The number of fused-ring (bicyclic) bond motifs is 5. The fourth-order valence-electron chi connectivity index (χ4n) is 5.42. The van der Waals surface area contributed by atoms with Gasteiger partial charge < -0.3 is 4.90 Å². The van der Waals surface area contributed by atoms with Gasteiger partial charge in [-0.2, -0.15) is 13.2 Å². The van der Waals surface area contributed by atoms with Crippen LogP contribution in [0.1, 0.15) is 43.5 Å². The third kappa shape index (κ3) is 3.49. The molecule has 0 unspecified atom stereocenters. The molecule has 0 bridgehead atoms. The maximum absolute atomic E-state index is 13.8. The van der Waals surface area contributed by atoms with Crippen LogP contribution in [0, 0.1) is 17.3 Å².